The van der Waals surface area contributed by atoms with Gasteiger partial charge in [-0.25, -0.2) is 4.79 Å². The van der Waals surface area contributed by atoms with Gasteiger partial charge in [0.1, 0.15) is 18.4 Å². The van der Waals surface area contributed by atoms with E-state index in [9.17, 15) is 19.5 Å². The molecule has 3 aromatic rings. The summed E-state index contributed by atoms with van der Waals surface area (Å²) in [6, 6.07) is 19.0. The average molecular weight is 495 g/mol. The highest BCUT2D eigenvalue weighted by Crippen LogP contribution is 2.44. The quantitative estimate of drug-likeness (QED) is 0.419. The number of carbonyl (C=O) groups excluding carboxylic acids is 2. The molecule has 2 amide bonds. The second kappa shape index (κ2) is 10.5. The van der Waals surface area contributed by atoms with Gasteiger partial charge in [-0.05, 0) is 34.4 Å². The number of carboxylic acids is 1. The van der Waals surface area contributed by atoms with Crippen LogP contribution in [0.5, 0.6) is 5.75 Å². The molecule has 0 spiro atoms. The van der Waals surface area contributed by atoms with E-state index in [1.165, 1.54) is 19.2 Å². The van der Waals surface area contributed by atoms with E-state index in [0.29, 0.717) is 5.75 Å². The lowest BCUT2D eigenvalue weighted by Crippen LogP contribution is -2.45. The van der Waals surface area contributed by atoms with Gasteiger partial charge >= 0.3 is 12.1 Å². The van der Waals surface area contributed by atoms with Crippen LogP contribution in [0.15, 0.2) is 66.7 Å². The van der Waals surface area contributed by atoms with Gasteiger partial charge in [-0.3, -0.25) is 9.59 Å². The molecule has 3 N–H and O–H groups in total. The Balaban J connectivity index is 1.44. The molecule has 3 aromatic carbocycles. The molecule has 4 rings (SSSR count). The van der Waals surface area contributed by atoms with Crippen molar-refractivity contribution in [3.8, 4) is 16.9 Å². The van der Waals surface area contributed by atoms with Crippen molar-refractivity contribution in [3.63, 3.8) is 0 Å². The van der Waals surface area contributed by atoms with Crippen LogP contribution in [0.25, 0.3) is 11.1 Å². The Hall–Kier alpha value is -4.04. The van der Waals surface area contributed by atoms with Gasteiger partial charge in [-0.2, -0.15) is 0 Å². The number of anilines is 1. The van der Waals surface area contributed by atoms with E-state index < -0.39 is 30.4 Å². The lowest BCUT2D eigenvalue weighted by molar-refractivity contribution is -0.139. The van der Waals surface area contributed by atoms with Gasteiger partial charge in [0, 0.05) is 12.0 Å². The zero-order valence-electron chi connectivity index (χ0n) is 18.8. The molecule has 1 unspecified atom stereocenters. The van der Waals surface area contributed by atoms with Crippen molar-refractivity contribution in [1.29, 1.82) is 0 Å². The summed E-state index contributed by atoms with van der Waals surface area (Å²) in [5, 5.41) is 14.4. The first-order valence-electron chi connectivity index (χ1n) is 10.8. The number of hydrogen-bond acceptors (Lipinski definition) is 5. The van der Waals surface area contributed by atoms with Crippen LogP contribution in [0.1, 0.15) is 23.5 Å². The fourth-order valence-corrected chi connectivity index (χ4v) is 4.28. The Morgan fingerprint density at radius 2 is 1.63 bits per heavy atom. The van der Waals surface area contributed by atoms with E-state index in [2.05, 4.69) is 10.6 Å². The first kappa shape index (κ1) is 24.1. The first-order chi connectivity index (χ1) is 16.9. The van der Waals surface area contributed by atoms with Crippen molar-refractivity contribution in [2.24, 2.45) is 0 Å². The second-order valence-electron chi connectivity index (χ2n) is 7.96. The molecule has 0 radical (unpaired) electrons. The summed E-state index contributed by atoms with van der Waals surface area (Å²) in [6.45, 7) is 0.0307. The number of hydrogen-bond donors (Lipinski definition) is 3. The molecule has 1 atom stereocenters. The van der Waals surface area contributed by atoms with Crippen LogP contribution >= 0.6 is 11.6 Å². The van der Waals surface area contributed by atoms with Crippen molar-refractivity contribution in [3.05, 3.63) is 82.9 Å². The molecule has 1 aliphatic carbocycles. The van der Waals surface area contributed by atoms with Gasteiger partial charge < -0.3 is 25.2 Å². The van der Waals surface area contributed by atoms with Crippen molar-refractivity contribution in [1.82, 2.24) is 5.32 Å². The zero-order chi connectivity index (χ0) is 24.9. The molecule has 0 fully saturated rings. The number of carboxylic acid groups (broad SMARTS) is 1. The fraction of sp³-hybridized carbons (Fsp3) is 0.192. The highest BCUT2D eigenvalue weighted by Gasteiger charge is 2.30. The van der Waals surface area contributed by atoms with E-state index in [1.54, 1.807) is 6.07 Å². The number of nitrogens with one attached hydrogen (secondary N) is 2. The van der Waals surface area contributed by atoms with Crippen LogP contribution in [-0.2, 0) is 14.3 Å². The monoisotopic (exact) mass is 494 g/mol. The minimum Gasteiger partial charge on any atom is -0.497 e. The molecule has 0 heterocycles. The summed E-state index contributed by atoms with van der Waals surface area (Å²) >= 11 is 6.12. The van der Waals surface area contributed by atoms with Crippen molar-refractivity contribution >= 4 is 35.3 Å². The van der Waals surface area contributed by atoms with Gasteiger partial charge in [0.15, 0.2) is 0 Å². The maximum Gasteiger partial charge on any atom is 0.407 e. The molecule has 0 bridgehead atoms. The van der Waals surface area contributed by atoms with E-state index in [1.807, 2.05) is 48.5 Å². The third-order valence-electron chi connectivity index (χ3n) is 5.76. The molecular weight excluding hydrogens is 472 g/mol. The number of methoxy groups -OCH3 is 1. The predicted molar refractivity (Wildman–Crippen MR) is 131 cm³/mol. The number of rotatable bonds is 8. The molecule has 0 aromatic heterocycles. The number of halogens is 1. The molecule has 35 heavy (non-hydrogen) atoms. The molecule has 0 saturated heterocycles. The van der Waals surface area contributed by atoms with Crippen molar-refractivity contribution in [2.45, 2.75) is 18.4 Å². The molecule has 180 valence electrons. The summed E-state index contributed by atoms with van der Waals surface area (Å²) in [5.41, 5.74) is 4.45. The summed E-state index contributed by atoms with van der Waals surface area (Å²) in [5.74, 6) is -1.74. The Labute approximate surface area is 206 Å². The lowest BCUT2D eigenvalue weighted by atomic mass is 9.98. The van der Waals surface area contributed by atoms with Crippen LogP contribution in [0.2, 0.25) is 5.02 Å². The number of benzene rings is 3. The second-order valence-corrected chi connectivity index (χ2v) is 8.36. The third kappa shape index (κ3) is 5.38. The number of alkyl carbamates (subject to hydrolysis) is 1. The smallest absolute Gasteiger partial charge is 0.407 e. The fourth-order valence-electron chi connectivity index (χ4n) is 4.11. The highest BCUT2D eigenvalue weighted by atomic mass is 35.5. The maximum atomic E-state index is 12.8. The minimum absolute atomic E-state index is 0.0307. The van der Waals surface area contributed by atoms with Crippen molar-refractivity contribution in [2.75, 3.05) is 19.0 Å². The minimum atomic E-state index is -1.38. The Morgan fingerprint density at radius 3 is 2.23 bits per heavy atom. The number of carbonyl (C=O) groups is 3. The standard InChI is InChI=1S/C26H23ClN2O6/c1-34-15-10-11-21(27)22(12-15)28-25(32)23(13-24(30)31)29-26(33)35-14-20-18-8-4-2-6-16(18)17-7-3-5-9-19(17)20/h2-12,20,23H,13-14H2,1H3,(H,28,32)(H,29,33)(H,30,31). The lowest BCUT2D eigenvalue weighted by Gasteiger charge is -2.19. The average Bonchev–Trinajstić information content (AvgIpc) is 3.17. The van der Waals surface area contributed by atoms with Crippen LogP contribution < -0.4 is 15.4 Å². The molecule has 0 saturated carbocycles. The topological polar surface area (TPSA) is 114 Å². The summed E-state index contributed by atoms with van der Waals surface area (Å²) in [6.07, 6.45) is -1.54. The van der Waals surface area contributed by atoms with Gasteiger partial charge in [0.05, 0.1) is 24.2 Å². The number of aliphatic carboxylic acids is 1. The van der Waals surface area contributed by atoms with Crippen LogP contribution in [0, 0.1) is 0 Å². The Morgan fingerprint density at radius 1 is 1.00 bits per heavy atom. The number of fused-ring (bicyclic) bond motifs is 3. The van der Waals surface area contributed by atoms with Crippen LogP contribution in [0.3, 0.4) is 0 Å². The summed E-state index contributed by atoms with van der Waals surface area (Å²) in [4.78, 5) is 36.7. The predicted octanol–water partition coefficient (Wildman–Crippen LogP) is 4.67. The molecule has 8 nitrogen and oxygen atoms in total. The normalized spacial score (nSPS) is 12.7. The van der Waals surface area contributed by atoms with Gasteiger partial charge in [0.25, 0.3) is 0 Å². The maximum absolute atomic E-state index is 12.8. The molecule has 1 aliphatic rings. The number of ether oxygens (including phenoxy) is 2. The highest BCUT2D eigenvalue weighted by molar-refractivity contribution is 6.33. The SMILES string of the molecule is COc1ccc(Cl)c(NC(=O)C(CC(=O)O)NC(=O)OCC2c3ccccc3-c3ccccc32)c1. The first-order valence-corrected chi connectivity index (χ1v) is 11.2. The van der Waals surface area contributed by atoms with E-state index in [0.717, 1.165) is 22.3 Å². The Bertz CT molecular complexity index is 1230. The van der Waals surface area contributed by atoms with E-state index in [4.69, 9.17) is 21.1 Å². The van der Waals surface area contributed by atoms with Gasteiger partial charge in [-0.1, -0.05) is 60.1 Å². The van der Waals surface area contributed by atoms with Gasteiger partial charge in [0.2, 0.25) is 5.91 Å². The van der Waals surface area contributed by atoms with E-state index in [-0.39, 0.29) is 23.2 Å². The number of amides is 2. The Kier molecular flexibility index (Phi) is 7.22. The summed E-state index contributed by atoms with van der Waals surface area (Å²) < 4.78 is 10.6. The van der Waals surface area contributed by atoms with Crippen LogP contribution in [0.4, 0.5) is 10.5 Å². The molecule has 9 heteroatoms. The van der Waals surface area contributed by atoms with Crippen LogP contribution in [-0.4, -0.2) is 42.8 Å². The van der Waals surface area contributed by atoms with Gasteiger partial charge in [-0.15, -0.1) is 0 Å². The van der Waals surface area contributed by atoms with Crippen molar-refractivity contribution < 1.29 is 29.0 Å². The summed E-state index contributed by atoms with van der Waals surface area (Å²) in [7, 11) is 1.46. The largest absolute Gasteiger partial charge is 0.497 e. The molecular formula is C26H23ClN2O6. The third-order valence-corrected chi connectivity index (χ3v) is 6.09. The van der Waals surface area contributed by atoms with E-state index >= 15 is 0 Å². The zero-order valence-corrected chi connectivity index (χ0v) is 19.5. The molecule has 0 aliphatic heterocycles.